The van der Waals surface area contributed by atoms with Crippen molar-refractivity contribution in [3.05, 3.63) is 35.9 Å². The van der Waals surface area contributed by atoms with Crippen molar-refractivity contribution in [2.24, 2.45) is 0 Å². The van der Waals surface area contributed by atoms with E-state index in [-0.39, 0.29) is 33.0 Å². The average molecular weight is 418 g/mol. The number of nitrogens with zero attached hydrogens (tertiary/aromatic N) is 3. The lowest BCUT2D eigenvalue weighted by atomic mass is 9.95. The molecule has 0 aliphatic heterocycles. The summed E-state index contributed by atoms with van der Waals surface area (Å²) in [4.78, 5) is 8.46. The van der Waals surface area contributed by atoms with Crippen molar-refractivity contribution in [2.45, 2.75) is 54.9 Å². The molecule has 3 aromatic rings. The third-order valence-corrected chi connectivity index (χ3v) is 7.23. The Bertz CT molecular complexity index is 1180. The molecule has 2 N–H and O–H groups in total. The van der Waals surface area contributed by atoms with E-state index in [1.807, 2.05) is 0 Å². The summed E-state index contributed by atoms with van der Waals surface area (Å²) < 4.78 is 48.0. The molecule has 0 saturated heterocycles. The van der Waals surface area contributed by atoms with Crippen LogP contribution in [-0.2, 0) is 9.84 Å². The first-order valence-corrected chi connectivity index (χ1v) is 11.1. The van der Waals surface area contributed by atoms with Gasteiger partial charge in [-0.05, 0) is 38.0 Å². The molecule has 0 bridgehead atoms. The van der Waals surface area contributed by atoms with Crippen LogP contribution in [0.15, 0.2) is 34.1 Å². The largest absolute Gasteiger partial charge is 0.479 e. The first kappa shape index (κ1) is 19.6. The lowest BCUT2D eigenvalue weighted by Gasteiger charge is -2.25. The maximum atomic E-state index is 13.8. The van der Waals surface area contributed by atoms with Crippen LogP contribution >= 0.6 is 0 Å². The lowest BCUT2D eigenvalue weighted by molar-refractivity contribution is 0.356. The zero-order chi connectivity index (χ0) is 20.8. The molecule has 0 spiro atoms. The number of nitrogen functional groups attached to an aromatic ring is 1. The van der Waals surface area contributed by atoms with E-state index in [1.165, 1.54) is 25.3 Å². The Morgan fingerprint density at radius 2 is 1.93 bits per heavy atom. The van der Waals surface area contributed by atoms with E-state index in [9.17, 15) is 12.8 Å². The number of benzene rings is 1. The molecule has 1 aromatic carbocycles. The fourth-order valence-electron chi connectivity index (χ4n) is 4.15. The summed E-state index contributed by atoms with van der Waals surface area (Å²) in [6.07, 6.45) is 4.96. The maximum absolute atomic E-state index is 13.8. The Balaban J connectivity index is 2.07. The predicted octanol–water partition coefficient (Wildman–Crippen LogP) is 3.81. The fraction of sp³-hybridized carbons (Fsp3) is 0.400. The van der Waals surface area contributed by atoms with Gasteiger partial charge < -0.3 is 15.0 Å². The van der Waals surface area contributed by atoms with Crippen molar-refractivity contribution >= 4 is 26.7 Å². The number of hydrogen-bond acceptors (Lipinski definition) is 6. The SMILES string of the molecule is COc1nc(C)nc2c(S(=O)(=O)c3cccc(F)c3)c(N)n(C3CCCCC3)c12. The topological polar surface area (TPSA) is 100 Å². The molecule has 1 aliphatic carbocycles. The van der Waals surface area contributed by atoms with Gasteiger partial charge in [-0.1, -0.05) is 25.3 Å². The van der Waals surface area contributed by atoms with Crippen LogP contribution in [0.2, 0.25) is 0 Å². The number of fused-ring (bicyclic) bond motifs is 1. The van der Waals surface area contributed by atoms with Crippen molar-refractivity contribution in [2.75, 3.05) is 12.8 Å². The summed E-state index contributed by atoms with van der Waals surface area (Å²) in [5.41, 5.74) is 7.13. The summed E-state index contributed by atoms with van der Waals surface area (Å²) in [7, 11) is -2.63. The average Bonchev–Trinajstić information content (AvgIpc) is 3.00. The van der Waals surface area contributed by atoms with Gasteiger partial charge in [0.1, 0.15) is 33.4 Å². The van der Waals surface area contributed by atoms with Crippen LogP contribution in [0, 0.1) is 12.7 Å². The molecule has 4 rings (SSSR count). The zero-order valence-electron chi connectivity index (χ0n) is 16.4. The number of rotatable bonds is 4. The highest BCUT2D eigenvalue weighted by Gasteiger charge is 2.34. The lowest BCUT2D eigenvalue weighted by Crippen LogP contribution is -2.16. The Morgan fingerprint density at radius 1 is 1.21 bits per heavy atom. The molecule has 29 heavy (non-hydrogen) atoms. The fourth-order valence-corrected chi connectivity index (χ4v) is 5.68. The Labute approximate surface area is 168 Å². The highest BCUT2D eigenvalue weighted by molar-refractivity contribution is 7.92. The molecule has 2 aromatic heterocycles. The molecule has 1 saturated carbocycles. The van der Waals surface area contributed by atoms with E-state index >= 15 is 0 Å². The van der Waals surface area contributed by atoms with Crippen LogP contribution in [0.5, 0.6) is 5.88 Å². The number of sulfone groups is 1. The smallest absolute Gasteiger partial charge is 0.241 e. The van der Waals surface area contributed by atoms with Gasteiger partial charge in [-0.15, -0.1) is 0 Å². The van der Waals surface area contributed by atoms with Gasteiger partial charge in [-0.3, -0.25) is 0 Å². The Hall–Kier alpha value is -2.68. The van der Waals surface area contributed by atoms with Crippen molar-refractivity contribution < 1.29 is 17.5 Å². The van der Waals surface area contributed by atoms with Crippen LogP contribution in [0.4, 0.5) is 10.2 Å². The highest BCUT2D eigenvalue weighted by atomic mass is 32.2. The number of methoxy groups -OCH3 is 1. The van der Waals surface area contributed by atoms with Crippen LogP contribution in [0.1, 0.15) is 44.0 Å². The normalized spacial score (nSPS) is 15.7. The molecule has 0 atom stereocenters. The molecule has 7 nitrogen and oxygen atoms in total. The second kappa shape index (κ2) is 7.29. The molecule has 2 heterocycles. The van der Waals surface area contributed by atoms with E-state index < -0.39 is 15.7 Å². The van der Waals surface area contributed by atoms with Gasteiger partial charge in [-0.2, -0.15) is 4.98 Å². The first-order chi connectivity index (χ1) is 13.8. The number of ether oxygens (including phenoxy) is 1. The van der Waals surface area contributed by atoms with Crippen molar-refractivity contribution in [1.29, 1.82) is 0 Å². The Kier molecular flexibility index (Phi) is 4.94. The third kappa shape index (κ3) is 3.23. The van der Waals surface area contributed by atoms with Crippen LogP contribution < -0.4 is 10.5 Å². The molecular formula is C20H23FN4O3S. The summed E-state index contributed by atoms with van der Waals surface area (Å²) in [6, 6.07) is 4.93. The number of hydrogen-bond donors (Lipinski definition) is 1. The van der Waals surface area contributed by atoms with Crippen LogP contribution in [0.3, 0.4) is 0 Å². The highest BCUT2D eigenvalue weighted by Crippen LogP contribution is 2.43. The van der Waals surface area contributed by atoms with E-state index in [2.05, 4.69) is 9.97 Å². The molecule has 0 amide bonds. The van der Waals surface area contributed by atoms with Gasteiger partial charge in [0, 0.05) is 6.04 Å². The number of nitrogens with two attached hydrogens (primary N) is 1. The van der Waals surface area contributed by atoms with Crippen LogP contribution in [-0.4, -0.2) is 30.1 Å². The van der Waals surface area contributed by atoms with E-state index in [0.717, 1.165) is 38.2 Å². The molecular weight excluding hydrogens is 395 g/mol. The number of aryl methyl sites for hydroxylation is 1. The summed E-state index contributed by atoms with van der Waals surface area (Å²) >= 11 is 0. The first-order valence-electron chi connectivity index (χ1n) is 9.57. The van der Waals surface area contributed by atoms with Crippen LogP contribution in [0.25, 0.3) is 11.0 Å². The molecule has 154 valence electrons. The van der Waals surface area contributed by atoms with E-state index in [4.69, 9.17) is 10.5 Å². The Morgan fingerprint density at radius 3 is 2.59 bits per heavy atom. The summed E-state index contributed by atoms with van der Waals surface area (Å²) in [5, 5.41) is 0. The summed E-state index contributed by atoms with van der Waals surface area (Å²) in [5.74, 6) is 0.106. The minimum atomic E-state index is -4.11. The van der Waals surface area contributed by atoms with Crippen molar-refractivity contribution in [1.82, 2.24) is 14.5 Å². The van der Waals surface area contributed by atoms with E-state index in [0.29, 0.717) is 11.3 Å². The molecule has 1 fully saturated rings. The number of aromatic nitrogens is 3. The van der Waals surface area contributed by atoms with Gasteiger partial charge >= 0.3 is 0 Å². The number of halogens is 1. The second-order valence-corrected chi connectivity index (χ2v) is 9.20. The van der Waals surface area contributed by atoms with E-state index in [1.54, 1.807) is 11.5 Å². The van der Waals surface area contributed by atoms with Crippen molar-refractivity contribution in [3.63, 3.8) is 0 Å². The van der Waals surface area contributed by atoms with Gasteiger partial charge in [0.15, 0.2) is 0 Å². The van der Waals surface area contributed by atoms with Gasteiger partial charge in [0.2, 0.25) is 15.7 Å². The second-order valence-electron chi connectivity index (χ2n) is 7.31. The molecule has 0 unspecified atom stereocenters. The minimum Gasteiger partial charge on any atom is -0.479 e. The summed E-state index contributed by atoms with van der Waals surface area (Å²) in [6.45, 7) is 1.66. The third-order valence-electron chi connectivity index (χ3n) is 5.42. The molecule has 9 heteroatoms. The maximum Gasteiger partial charge on any atom is 0.241 e. The number of anilines is 1. The predicted molar refractivity (Wildman–Crippen MR) is 107 cm³/mol. The standard InChI is InChI=1S/C20H23FN4O3S/c1-12-23-16-17(20(24-12)28-2)25(14-8-4-3-5-9-14)19(22)18(16)29(26,27)15-10-6-7-13(21)11-15/h6-7,10-11,14H,3-5,8-9,22H2,1-2H3. The van der Waals surface area contributed by atoms with Gasteiger partial charge in [0.25, 0.3) is 0 Å². The van der Waals surface area contributed by atoms with Crippen molar-refractivity contribution in [3.8, 4) is 5.88 Å². The van der Waals surface area contributed by atoms with Gasteiger partial charge in [0.05, 0.1) is 12.0 Å². The zero-order valence-corrected chi connectivity index (χ0v) is 17.2. The van der Waals surface area contributed by atoms with Gasteiger partial charge in [-0.25, -0.2) is 17.8 Å². The quantitative estimate of drug-likeness (QED) is 0.692. The monoisotopic (exact) mass is 418 g/mol. The molecule has 0 radical (unpaired) electrons. The molecule has 1 aliphatic rings. The minimum absolute atomic E-state index is 0.0305.